The fourth-order valence-electron chi connectivity index (χ4n) is 2.02. The Morgan fingerprint density at radius 1 is 1.46 bits per heavy atom. The number of rotatable bonds is 3. The second kappa shape index (κ2) is 4.97. The lowest BCUT2D eigenvalue weighted by atomic mass is 9.92. The van der Waals surface area contributed by atoms with Gasteiger partial charge in [0.25, 0.3) is 0 Å². The van der Waals surface area contributed by atoms with Crippen LogP contribution in [0.25, 0.3) is 0 Å². The summed E-state index contributed by atoms with van der Waals surface area (Å²) >= 11 is 0. The van der Waals surface area contributed by atoms with Gasteiger partial charge >= 0.3 is 0 Å². The molecule has 0 aromatic heterocycles. The average molecular weight is 184 g/mol. The molecule has 1 aliphatic rings. The summed E-state index contributed by atoms with van der Waals surface area (Å²) in [4.78, 5) is 2.46. The van der Waals surface area contributed by atoms with Crippen LogP contribution in [0.2, 0.25) is 0 Å². The van der Waals surface area contributed by atoms with Crippen LogP contribution < -0.4 is 5.32 Å². The molecule has 0 aromatic rings. The Labute approximate surface area is 82.7 Å². The van der Waals surface area contributed by atoms with E-state index in [4.69, 9.17) is 0 Å². The van der Waals surface area contributed by atoms with Crippen LogP contribution in [-0.4, -0.2) is 37.1 Å². The van der Waals surface area contributed by atoms with Crippen LogP contribution in [-0.2, 0) is 0 Å². The van der Waals surface area contributed by atoms with E-state index in [1.807, 2.05) is 0 Å². The second-order valence-corrected chi connectivity index (χ2v) is 4.78. The van der Waals surface area contributed by atoms with Gasteiger partial charge in [-0.05, 0) is 53.1 Å². The summed E-state index contributed by atoms with van der Waals surface area (Å²) in [6, 6.07) is 1.41. The number of hydrogen-bond acceptors (Lipinski definition) is 2. The van der Waals surface area contributed by atoms with Crippen LogP contribution in [0, 0.1) is 5.92 Å². The molecule has 2 atom stereocenters. The summed E-state index contributed by atoms with van der Waals surface area (Å²) in [6.07, 6.45) is 2.69. The molecule has 1 rings (SSSR count). The molecule has 2 heteroatoms. The topological polar surface area (TPSA) is 15.3 Å². The fraction of sp³-hybridized carbons (Fsp3) is 1.00. The van der Waals surface area contributed by atoms with Gasteiger partial charge in [-0.1, -0.05) is 0 Å². The summed E-state index contributed by atoms with van der Waals surface area (Å²) in [6.45, 7) is 9.30. The monoisotopic (exact) mass is 184 g/mol. The number of nitrogens with zero attached hydrogens (tertiary/aromatic N) is 1. The van der Waals surface area contributed by atoms with E-state index in [1.165, 1.54) is 25.9 Å². The van der Waals surface area contributed by atoms with Crippen molar-refractivity contribution in [1.82, 2.24) is 10.2 Å². The summed E-state index contributed by atoms with van der Waals surface area (Å²) < 4.78 is 0. The number of hydrogen-bond donors (Lipinski definition) is 1. The molecule has 1 aliphatic heterocycles. The van der Waals surface area contributed by atoms with Crippen molar-refractivity contribution >= 4 is 0 Å². The standard InChI is InChI=1S/C11H24N2/c1-9(2)13(4)8-11-5-6-12-10(3)7-11/h9-12H,5-8H2,1-4H3. The first-order valence-electron chi connectivity index (χ1n) is 5.53. The minimum absolute atomic E-state index is 0.685. The summed E-state index contributed by atoms with van der Waals surface area (Å²) in [7, 11) is 2.23. The number of nitrogens with one attached hydrogen (secondary N) is 1. The molecule has 2 unspecified atom stereocenters. The molecule has 0 saturated carbocycles. The Morgan fingerprint density at radius 2 is 2.15 bits per heavy atom. The quantitative estimate of drug-likeness (QED) is 0.718. The predicted octanol–water partition coefficient (Wildman–Crippen LogP) is 1.71. The molecule has 2 nitrogen and oxygen atoms in total. The highest BCUT2D eigenvalue weighted by atomic mass is 15.1. The lowest BCUT2D eigenvalue weighted by Gasteiger charge is -2.32. The third-order valence-electron chi connectivity index (χ3n) is 3.16. The third kappa shape index (κ3) is 3.65. The van der Waals surface area contributed by atoms with Crippen LogP contribution >= 0.6 is 0 Å². The van der Waals surface area contributed by atoms with E-state index in [0.29, 0.717) is 6.04 Å². The van der Waals surface area contributed by atoms with Gasteiger partial charge in [-0.2, -0.15) is 0 Å². The van der Waals surface area contributed by atoms with Crippen molar-refractivity contribution in [2.45, 2.75) is 45.7 Å². The van der Waals surface area contributed by atoms with Crippen LogP contribution in [0.1, 0.15) is 33.6 Å². The fourth-order valence-corrected chi connectivity index (χ4v) is 2.02. The van der Waals surface area contributed by atoms with Gasteiger partial charge in [0.05, 0.1) is 0 Å². The number of piperidine rings is 1. The van der Waals surface area contributed by atoms with Gasteiger partial charge in [-0.25, -0.2) is 0 Å². The minimum Gasteiger partial charge on any atom is -0.314 e. The van der Waals surface area contributed by atoms with Crippen LogP contribution in [0.15, 0.2) is 0 Å². The first kappa shape index (κ1) is 11.0. The molecule has 0 aliphatic carbocycles. The zero-order valence-corrected chi connectivity index (χ0v) is 9.51. The smallest absolute Gasteiger partial charge is 0.00418 e. The molecular weight excluding hydrogens is 160 g/mol. The Kier molecular flexibility index (Phi) is 4.20. The van der Waals surface area contributed by atoms with Crippen LogP contribution in [0.4, 0.5) is 0 Å². The molecule has 0 amide bonds. The predicted molar refractivity (Wildman–Crippen MR) is 58.0 cm³/mol. The van der Waals surface area contributed by atoms with E-state index in [2.05, 4.69) is 38.0 Å². The maximum Gasteiger partial charge on any atom is 0.00418 e. The third-order valence-corrected chi connectivity index (χ3v) is 3.16. The summed E-state index contributed by atoms with van der Waals surface area (Å²) in [5.41, 5.74) is 0. The van der Waals surface area contributed by atoms with Gasteiger partial charge in [0, 0.05) is 18.6 Å². The van der Waals surface area contributed by atoms with E-state index >= 15 is 0 Å². The maximum absolute atomic E-state index is 3.50. The summed E-state index contributed by atoms with van der Waals surface area (Å²) in [5, 5.41) is 3.50. The molecule has 1 fully saturated rings. The van der Waals surface area contributed by atoms with Crippen molar-refractivity contribution in [3.05, 3.63) is 0 Å². The van der Waals surface area contributed by atoms with Gasteiger partial charge < -0.3 is 10.2 Å². The van der Waals surface area contributed by atoms with E-state index < -0.39 is 0 Å². The molecule has 13 heavy (non-hydrogen) atoms. The second-order valence-electron chi connectivity index (χ2n) is 4.78. The Hall–Kier alpha value is -0.0800. The van der Waals surface area contributed by atoms with Gasteiger partial charge in [0.1, 0.15) is 0 Å². The normalized spacial score (nSPS) is 30.0. The zero-order chi connectivity index (χ0) is 9.84. The largest absolute Gasteiger partial charge is 0.314 e. The Bertz CT molecular complexity index is 145. The summed E-state index contributed by atoms with van der Waals surface area (Å²) in [5.74, 6) is 0.906. The van der Waals surface area contributed by atoms with Crippen molar-refractivity contribution in [1.29, 1.82) is 0 Å². The van der Waals surface area contributed by atoms with E-state index in [1.54, 1.807) is 0 Å². The van der Waals surface area contributed by atoms with Gasteiger partial charge in [0.2, 0.25) is 0 Å². The highest BCUT2D eigenvalue weighted by Crippen LogP contribution is 2.17. The van der Waals surface area contributed by atoms with Crippen molar-refractivity contribution in [3.63, 3.8) is 0 Å². The van der Waals surface area contributed by atoms with Crippen LogP contribution in [0.3, 0.4) is 0 Å². The Balaban J connectivity index is 2.27. The lowest BCUT2D eigenvalue weighted by molar-refractivity contribution is 0.191. The van der Waals surface area contributed by atoms with Crippen molar-refractivity contribution in [2.24, 2.45) is 5.92 Å². The maximum atomic E-state index is 3.50. The SMILES string of the molecule is CC1CC(CN(C)C(C)C)CCN1. The molecule has 0 radical (unpaired) electrons. The average Bonchev–Trinajstić information content (AvgIpc) is 2.04. The molecule has 78 valence electrons. The molecule has 1 saturated heterocycles. The van der Waals surface area contributed by atoms with Crippen molar-refractivity contribution in [2.75, 3.05) is 20.1 Å². The molecule has 0 aromatic carbocycles. The Morgan fingerprint density at radius 3 is 2.69 bits per heavy atom. The molecule has 0 spiro atoms. The molecule has 0 bridgehead atoms. The van der Waals surface area contributed by atoms with Crippen LogP contribution in [0.5, 0.6) is 0 Å². The highest BCUT2D eigenvalue weighted by Gasteiger charge is 2.19. The van der Waals surface area contributed by atoms with Crippen molar-refractivity contribution in [3.8, 4) is 0 Å². The molecule has 1 N–H and O–H groups in total. The molecule has 1 heterocycles. The first-order valence-corrected chi connectivity index (χ1v) is 5.53. The van der Waals surface area contributed by atoms with E-state index in [9.17, 15) is 0 Å². The van der Waals surface area contributed by atoms with Gasteiger partial charge in [-0.15, -0.1) is 0 Å². The minimum atomic E-state index is 0.685. The molecular formula is C11H24N2. The van der Waals surface area contributed by atoms with E-state index in [-0.39, 0.29) is 0 Å². The van der Waals surface area contributed by atoms with Crippen molar-refractivity contribution < 1.29 is 0 Å². The van der Waals surface area contributed by atoms with Gasteiger partial charge in [0.15, 0.2) is 0 Å². The highest BCUT2D eigenvalue weighted by molar-refractivity contribution is 4.77. The first-order chi connectivity index (χ1) is 6.09. The lowest BCUT2D eigenvalue weighted by Crippen LogP contribution is -2.41. The van der Waals surface area contributed by atoms with E-state index in [0.717, 1.165) is 12.0 Å². The van der Waals surface area contributed by atoms with Gasteiger partial charge in [-0.3, -0.25) is 0 Å². The zero-order valence-electron chi connectivity index (χ0n) is 9.51.